The van der Waals surface area contributed by atoms with E-state index in [0.29, 0.717) is 23.9 Å². The molecule has 1 aromatic carbocycles. The first kappa shape index (κ1) is 21.2. The predicted molar refractivity (Wildman–Crippen MR) is 112 cm³/mol. The Bertz CT molecular complexity index is 916. The van der Waals surface area contributed by atoms with Gasteiger partial charge in [-0.1, -0.05) is 37.3 Å². The van der Waals surface area contributed by atoms with E-state index in [2.05, 4.69) is 20.7 Å². The molecule has 5 N–H and O–H groups in total. The van der Waals surface area contributed by atoms with E-state index in [9.17, 15) is 20.1 Å². The number of nitrogens with one attached hydrogen (secondary N) is 2. The zero-order valence-corrected chi connectivity index (χ0v) is 17.0. The average Bonchev–Trinajstić information content (AvgIpc) is 3.30. The highest BCUT2D eigenvalue weighted by Crippen LogP contribution is 2.41. The standard InChI is InChI=1S/C20H26N6O5/c1-2-14(28)24-26-11-25(20-17(30)16(29)13(9-27)31-20)19-15(26)18(22-10-23-19)21-8-12-6-4-3-5-7-12/h3-7,10,13,16-17,20,27,29-30H,2,8-9,11H2,1H3,(H,24,28)(H,21,22,23)/t13-,16?,17?,20-/m1/s1. The third-order valence-electron chi connectivity index (χ3n) is 5.35. The molecule has 2 aliphatic rings. The first-order valence-electron chi connectivity index (χ1n) is 10.1. The number of aliphatic hydroxyl groups excluding tert-OH is 3. The zero-order valence-electron chi connectivity index (χ0n) is 17.0. The van der Waals surface area contributed by atoms with Gasteiger partial charge in [-0.25, -0.2) is 9.97 Å². The van der Waals surface area contributed by atoms with Crippen molar-refractivity contribution in [1.82, 2.24) is 15.4 Å². The summed E-state index contributed by atoms with van der Waals surface area (Å²) in [4.78, 5) is 22.4. The lowest BCUT2D eigenvalue weighted by molar-refractivity contribution is -0.120. The molecule has 11 nitrogen and oxygen atoms in total. The van der Waals surface area contributed by atoms with Crippen LogP contribution < -0.4 is 20.7 Å². The second-order valence-electron chi connectivity index (χ2n) is 7.39. The molecule has 2 unspecified atom stereocenters. The Balaban J connectivity index is 1.64. The fraction of sp³-hybridized carbons (Fsp3) is 0.450. The quantitative estimate of drug-likeness (QED) is 0.392. The van der Waals surface area contributed by atoms with Gasteiger partial charge < -0.3 is 30.3 Å². The van der Waals surface area contributed by atoms with Gasteiger partial charge in [-0.15, -0.1) is 0 Å². The summed E-state index contributed by atoms with van der Waals surface area (Å²) >= 11 is 0. The van der Waals surface area contributed by atoms with Crippen molar-refractivity contribution in [3.05, 3.63) is 42.2 Å². The first-order chi connectivity index (χ1) is 15.0. The second-order valence-corrected chi connectivity index (χ2v) is 7.39. The van der Waals surface area contributed by atoms with E-state index < -0.39 is 31.1 Å². The van der Waals surface area contributed by atoms with Crippen LogP contribution in [0.3, 0.4) is 0 Å². The highest BCUT2D eigenvalue weighted by atomic mass is 16.6. The van der Waals surface area contributed by atoms with E-state index in [0.717, 1.165) is 5.56 Å². The molecule has 0 aliphatic carbocycles. The molecule has 166 valence electrons. The molecule has 11 heteroatoms. The summed E-state index contributed by atoms with van der Waals surface area (Å²) in [6.07, 6.45) is -2.71. The van der Waals surface area contributed by atoms with Crippen LogP contribution in [-0.2, 0) is 16.1 Å². The molecule has 1 aromatic heterocycles. The summed E-state index contributed by atoms with van der Waals surface area (Å²) < 4.78 is 5.68. The number of hydrazine groups is 1. The van der Waals surface area contributed by atoms with E-state index in [1.165, 1.54) is 6.33 Å². The fourth-order valence-electron chi connectivity index (χ4n) is 3.69. The number of ether oxygens (including phenoxy) is 1. The minimum Gasteiger partial charge on any atom is -0.394 e. The maximum Gasteiger partial charge on any atom is 0.238 e. The van der Waals surface area contributed by atoms with Crippen molar-refractivity contribution < 1.29 is 24.9 Å². The Morgan fingerprint density at radius 1 is 1.23 bits per heavy atom. The fourth-order valence-corrected chi connectivity index (χ4v) is 3.69. The number of anilines is 3. The van der Waals surface area contributed by atoms with E-state index in [4.69, 9.17) is 4.74 Å². The zero-order chi connectivity index (χ0) is 22.0. The number of carbonyl (C=O) groups excluding carboxylic acids is 1. The van der Waals surface area contributed by atoms with Crippen molar-refractivity contribution in [3.63, 3.8) is 0 Å². The Morgan fingerprint density at radius 3 is 2.68 bits per heavy atom. The van der Waals surface area contributed by atoms with Gasteiger partial charge in [0.1, 0.15) is 37.0 Å². The Kier molecular flexibility index (Phi) is 6.18. The number of rotatable bonds is 7. The summed E-state index contributed by atoms with van der Waals surface area (Å²) in [5.74, 6) is 0.725. The number of benzene rings is 1. The Labute approximate surface area is 179 Å². The second kappa shape index (κ2) is 9.02. The lowest BCUT2D eigenvalue weighted by atomic mass is 10.1. The predicted octanol–water partition coefficient (Wildman–Crippen LogP) is -0.447. The number of aromatic nitrogens is 2. The summed E-state index contributed by atoms with van der Waals surface area (Å²) in [6, 6.07) is 9.79. The minimum absolute atomic E-state index is 0.117. The van der Waals surface area contributed by atoms with Gasteiger partial charge in [-0.2, -0.15) is 0 Å². The highest BCUT2D eigenvalue weighted by Gasteiger charge is 2.48. The summed E-state index contributed by atoms with van der Waals surface area (Å²) in [6.45, 7) is 1.94. The molecule has 1 fully saturated rings. The van der Waals surface area contributed by atoms with Crippen LogP contribution in [0, 0.1) is 0 Å². The molecule has 4 rings (SSSR count). The molecule has 1 amide bonds. The largest absolute Gasteiger partial charge is 0.394 e. The van der Waals surface area contributed by atoms with Crippen molar-refractivity contribution in [3.8, 4) is 0 Å². The van der Waals surface area contributed by atoms with Crippen LogP contribution in [-0.4, -0.2) is 69.0 Å². The number of fused-ring (bicyclic) bond motifs is 1. The number of hydrogen-bond donors (Lipinski definition) is 5. The number of hydrogen-bond acceptors (Lipinski definition) is 10. The van der Waals surface area contributed by atoms with Gasteiger partial charge in [-0.05, 0) is 5.56 Å². The number of nitrogens with zero attached hydrogens (tertiary/aromatic N) is 4. The van der Waals surface area contributed by atoms with Gasteiger partial charge in [0.05, 0.1) is 6.61 Å². The van der Waals surface area contributed by atoms with Crippen LogP contribution in [0.15, 0.2) is 36.7 Å². The molecule has 0 spiro atoms. The van der Waals surface area contributed by atoms with Gasteiger partial charge in [0.15, 0.2) is 17.9 Å². The molecule has 2 aromatic rings. The molecule has 0 radical (unpaired) electrons. The highest BCUT2D eigenvalue weighted by molar-refractivity contribution is 5.86. The Morgan fingerprint density at radius 2 is 2.00 bits per heavy atom. The van der Waals surface area contributed by atoms with E-state index in [-0.39, 0.29) is 19.0 Å². The van der Waals surface area contributed by atoms with Gasteiger partial charge in [0.25, 0.3) is 0 Å². The number of carbonyl (C=O) groups is 1. The molecule has 2 aliphatic heterocycles. The van der Waals surface area contributed by atoms with Crippen molar-refractivity contribution in [2.45, 2.75) is 44.4 Å². The van der Waals surface area contributed by atoms with Gasteiger partial charge in [0.2, 0.25) is 5.91 Å². The van der Waals surface area contributed by atoms with E-state index in [1.54, 1.807) is 16.8 Å². The van der Waals surface area contributed by atoms with E-state index >= 15 is 0 Å². The lowest BCUT2D eigenvalue weighted by Gasteiger charge is -2.28. The van der Waals surface area contributed by atoms with E-state index in [1.807, 2.05) is 30.3 Å². The van der Waals surface area contributed by atoms with Crippen LogP contribution in [0.25, 0.3) is 0 Å². The third-order valence-corrected chi connectivity index (χ3v) is 5.35. The number of amides is 1. The monoisotopic (exact) mass is 430 g/mol. The molecule has 31 heavy (non-hydrogen) atoms. The van der Waals surface area contributed by atoms with Crippen LogP contribution in [0.2, 0.25) is 0 Å². The maximum atomic E-state index is 12.1. The summed E-state index contributed by atoms with van der Waals surface area (Å²) in [5, 5.41) is 34.9. The van der Waals surface area contributed by atoms with Crippen molar-refractivity contribution in [1.29, 1.82) is 0 Å². The number of aliphatic hydroxyl groups is 3. The molecule has 1 saturated heterocycles. The lowest BCUT2D eigenvalue weighted by Crippen LogP contribution is -2.50. The molecule has 3 heterocycles. The van der Waals surface area contributed by atoms with Crippen LogP contribution >= 0.6 is 0 Å². The van der Waals surface area contributed by atoms with Gasteiger partial charge >= 0.3 is 0 Å². The minimum atomic E-state index is -1.26. The smallest absolute Gasteiger partial charge is 0.238 e. The van der Waals surface area contributed by atoms with Gasteiger partial charge in [0, 0.05) is 13.0 Å². The normalized spacial score (nSPS) is 24.9. The van der Waals surface area contributed by atoms with Gasteiger partial charge in [-0.3, -0.25) is 15.2 Å². The molecule has 0 saturated carbocycles. The third kappa shape index (κ3) is 4.12. The summed E-state index contributed by atoms with van der Waals surface area (Å²) in [5.41, 5.74) is 4.39. The SMILES string of the molecule is CCC(=O)NN1CN([C@@H]2O[C@H](CO)C(O)C2O)c2ncnc(NCc3ccccc3)c21. The van der Waals surface area contributed by atoms with Crippen LogP contribution in [0.5, 0.6) is 0 Å². The molecular formula is C20H26N6O5. The molecule has 4 atom stereocenters. The maximum absolute atomic E-state index is 12.1. The first-order valence-corrected chi connectivity index (χ1v) is 10.1. The molecular weight excluding hydrogens is 404 g/mol. The van der Waals surface area contributed by atoms with Crippen molar-refractivity contribution >= 4 is 23.2 Å². The summed E-state index contributed by atoms with van der Waals surface area (Å²) in [7, 11) is 0. The molecule has 0 bridgehead atoms. The van der Waals surface area contributed by atoms with Crippen LogP contribution in [0.1, 0.15) is 18.9 Å². The van der Waals surface area contributed by atoms with Crippen molar-refractivity contribution in [2.75, 3.05) is 28.5 Å². The van der Waals surface area contributed by atoms with Crippen molar-refractivity contribution in [2.24, 2.45) is 0 Å². The Hall–Kier alpha value is -2.99. The topological polar surface area (TPSA) is 143 Å². The van der Waals surface area contributed by atoms with Crippen LogP contribution in [0.4, 0.5) is 17.3 Å². The average molecular weight is 430 g/mol.